The van der Waals surface area contributed by atoms with Crippen molar-refractivity contribution >= 4 is 5.96 Å². The minimum Gasteiger partial charge on any atom is -0.491 e. The number of nitrogens with zero attached hydrogens (tertiary/aromatic N) is 1. The molecule has 21 heavy (non-hydrogen) atoms. The molecule has 0 amide bonds. The van der Waals surface area contributed by atoms with E-state index in [9.17, 15) is 0 Å². The molecular weight excluding hydrogens is 266 g/mol. The van der Waals surface area contributed by atoms with Gasteiger partial charge < -0.3 is 20.5 Å². The van der Waals surface area contributed by atoms with Crippen molar-refractivity contribution in [3.8, 4) is 5.75 Å². The Morgan fingerprint density at radius 3 is 2.76 bits per heavy atom. The van der Waals surface area contributed by atoms with Crippen LogP contribution in [0.1, 0.15) is 25.0 Å². The van der Waals surface area contributed by atoms with Gasteiger partial charge in [-0.15, -0.1) is 0 Å². The van der Waals surface area contributed by atoms with E-state index in [0.717, 1.165) is 23.4 Å². The Balaban J connectivity index is 2.66. The first-order valence-corrected chi connectivity index (χ1v) is 7.28. The Labute approximate surface area is 127 Å². The van der Waals surface area contributed by atoms with E-state index in [4.69, 9.17) is 15.2 Å². The molecule has 1 aromatic carbocycles. The SMILES string of the molecule is COCCOc1cc(C)ccc1CN=C(N)NCC(C)C. The van der Waals surface area contributed by atoms with Gasteiger partial charge in [0.05, 0.1) is 13.2 Å². The molecule has 0 radical (unpaired) electrons. The topological polar surface area (TPSA) is 68.9 Å². The minimum absolute atomic E-state index is 0.465. The summed E-state index contributed by atoms with van der Waals surface area (Å²) in [5, 5.41) is 3.10. The van der Waals surface area contributed by atoms with Crippen LogP contribution in [0.5, 0.6) is 5.75 Å². The van der Waals surface area contributed by atoms with Gasteiger partial charge in [-0.3, -0.25) is 0 Å². The van der Waals surface area contributed by atoms with Crippen molar-refractivity contribution in [3.63, 3.8) is 0 Å². The number of benzene rings is 1. The maximum atomic E-state index is 5.85. The molecule has 0 saturated heterocycles. The van der Waals surface area contributed by atoms with Gasteiger partial charge >= 0.3 is 0 Å². The summed E-state index contributed by atoms with van der Waals surface area (Å²) in [6, 6.07) is 6.08. The van der Waals surface area contributed by atoms with Crippen LogP contribution >= 0.6 is 0 Å². The Morgan fingerprint density at radius 2 is 2.10 bits per heavy atom. The number of rotatable bonds is 8. The third-order valence-corrected chi connectivity index (χ3v) is 2.88. The third-order valence-electron chi connectivity index (χ3n) is 2.88. The van der Waals surface area contributed by atoms with Crippen LogP contribution in [0.3, 0.4) is 0 Å². The maximum Gasteiger partial charge on any atom is 0.188 e. The minimum atomic E-state index is 0.465. The second kappa shape index (κ2) is 9.23. The fourth-order valence-electron chi connectivity index (χ4n) is 1.70. The fraction of sp³-hybridized carbons (Fsp3) is 0.562. The number of guanidine groups is 1. The number of methoxy groups -OCH3 is 1. The van der Waals surface area contributed by atoms with E-state index in [1.165, 1.54) is 0 Å². The van der Waals surface area contributed by atoms with Crippen molar-refractivity contribution < 1.29 is 9.47 Å². The van der Waals surface area contributed by atoms with Crippen LogP contribution < -0.4 is 15.8 Å². The third kappa shape index (κ3) is 6.99. The summed E-state index contributed by atoms with van der Waals surface area (Å²) in [5.74, 6) is 1.84. The maximum absolute atomic E-state index is 5.85. The average Bonchev–Trinajstić information content (AvgIpc) is 2.44. The summed E-state index contributed by atoms with van der Waals surface area (Å²) in [4.78, 5) is 4.36. The van der Waals surface area contributed by atoms with Crippen LogP contribution in [0.2, 0.25) is 0 Å². The van der Waals surface area contributed by atoms with E-state index in [0.29, 0.717) is 31.6 Å². The van der Waals surface area contributed by atoms with E-state index in [1.54, 1.807) is 7.11 Å². The molecule has 0 bridgehead atoms. The number of hydrogen-bond acceptors (Lipinski definition) is 3. The predicted molar refractivity (Wildman–Crippen MR) is 86.7 cm³/mol. The molecule has 0 atom stereocenters. The van der Waals surface area contributed by atoms with Crippen LogP contribution in [0.4, 0.5) is 0 Å². The van der Waals surface area contributed by atoms with E-state index >= 15 is 0 Å². The zero-order valence-corrected chi connectivity index (χ0v) is 13.5. The lowest BCUT2D eigenvalue weighted by Gasteiger charge is -2.12. The Morgan fingerprint density at radius 1 is 1.33 bits per heavy atom. The highest BCUT2D eigenvalue weighted by molar-refractivity contribution is 5.77. The van der Waals surface area contributed by atoms with Gasteiger partial charge in [0.15, 0.2) is 5.96 Å². The van der Waals surface area contributed by atoms with E-state index < -0.39 is 0 Å². The Hall–Kier alpha value is -1.75. The number of ether oxygens (including phenoxy) is 2. The number of nitrogens with two attached hydrogens (primary N) is 1. The molecule has 0 aliphatic rings. The predicted octanol–water partition coefficient (Wildman–Crippen LogP) is 2.08. The summed E-state index contributed by atoms with van der Waals surface area (Å²) >= 11 is 0. The zero-order chi connectivity index (χ0) is 15.7. The van der Waals surface area contributed by atoms with Gasteiger partial charge in [-0.05, 0) is 24.5 Å². The normalized spacial score (nSPS) is 11.8. The molecule has 0 fully saturated rings. The largest absolute Gasteiger partial charge is 0.491 e. The molecular formula is C16H27N3O2. The summed E-state index contributed by atoms with van der Waals surface area (Å²) in [6.07, 6.45) is 0. The molecule has 5 nitrogen and oxygen atoms in total. The smallest absolute Gasteiger partial charge is 0.188 e. The molecule has 5 heteroatoms. The number of aryl methyl sites for hydroxylation is 1. The summed E-state index contributed by atoms with van der Waals surface area (Å²) < 4.78 is 10.7. The molecule has 0 spiro atoms. The van der Waals surface area contributed by atoms with Crippen molar-refractivity contribution in [2.75, 3.05) is 26.9 Å². The van der Waals surface area contributed by atoms with E-state index in [1.807, 2.05) is 25.1 Å². The van der Waals surface area contributed by atoms with E-state index in [-0.39, 0.29) is 0 Å². The highest BCUT2D eigenvalue weighted by atomic mass is 16.5. The molecule has 0 unspecified atom stereocenters. The van der Waals surface area contributed by atoms with Crippen molar-refractivity contribution in [2.45, 2.75) is 27.3 Å². The van der Waals surface area contributed by atoms with Crippen LogP contribution in [0.15, 0.2) is 23.2 Å². The Kier molecular flexibility index (Phi) is 7.61. The van der Waals surface area contributed by atoms with Crippen molar-refractivity contribution in [2.24, 2.45) is 16.6 Å². The quantitative estimate of drug-likeness (QED) is 0.437. The van der Waals surface area contributed by atoms with Crippen LogP contribution in [0, 0.1) is 12.8 Å². The number of nitrogens with one attached hydrogen (secondary N) is 1. The highest BCUT2D eigenvalue weighted by Crippen LogP contribution is 2.21. The van der Waals surface area contributed by atoms with Gasteiger partial charge in [-0.2, -0.15) is 0 Å². The lowest BCUT2D eigenvalue weighted by molar-refractivity contribution is 0.146. The van der Waals surface area contributed by atoms with Gasteiger partial charge in [0.1, 0.15) is 12.4 Å². The van der Waals surface area contributed by atoms with Crippen LogP contribution in [0.25, 0.3) is 0 Å². The summed E-state index contributed by atoms with van der Waals surface area (Å²) in [5.41, 5.74) is 8.02. The molecule has 1 rings (SSSR count). The lowest BCUT2D eigenvalue weighted by Crippen LogP contribution is -2.34. The molecule has 0 saturated carbocycles. The van der Waals surface area contributed by atoms with Gasteiger partial charge in [-0.25, -0.2) is 4.99 Å². The molecule has 0 aliphatic heterocycles. The molecule has 0 aliphatic carbocycles. The standard InChI is InChI=1S/C16H27N3O2/c1-12(2)10-18-16(17)19-11-14-6-5-13(3)9-15(14)21-8-7-20-4/h5-6,9,12H,7-8,10-11H2,1-4H3,(H3,17,18,19). The highest BCUT2D eigenvalue weighted by Gasteiger charge is 2.04. The van der Waals surface area contributed by atoms with Gasteiger partial charge in [-0.1, -0.05) is 26.0 Å². The fourth-order valence-corrected chi connectivity index (χ4v) is 1.70. The zero-order valence-electron chi connectivity index (χ0n) is 13.5. The van der Waals surface area contributed by atoms with Crippen molar-refractivity contribution in [1.29, 1.82) is 0 Å². The van der Waals surface area contributed by atoms with Gasteiger partial charge in [0, 0.05) is 19.2 Å². The Bertz CT molecular complexity index is 459. The summed E-state index contributed by atoms with van der Waals surface area (Å²) in [7, 11) is 1.66. The first-order chi connectivity index (χ1) is 10.0. The molecule has 0 heterocycles. The molecule has 3 N–H and O–H groups in total. The monoisotopic (exact) mass is 293 g/mol. The molecule has 0 aromatic heterocycles. The number of hydrogen-bond donors (Lipinski definition) is 2. The second-order valence-electron chi connectivity index (χ2n) is 5.43. The van der Waals surface area contributed by atoms with Crippen LogP contribution in [-0.4, -0.2) is 32.8 Å². The van der Waals surface area contributed by atoms with Crippen molar-refractivity contribution in [1.82, 2.24) is 5.32 Å². The summed E-state index contributed by atoms with van der Waals surface area (Å²) in [6.45, 7) is 8.70. The first kappa shape index (κ1) is 17.3. The average molecular weight is 293 g/mol. The van der Waals surface area contributed by atoms with Gasteiger partial charge in [0.25, 0.3) is 0 Å². The van der Waals surface area contributed by atoms with Crippen LogP contribution in [-0.2, 0) is 11.3 Å². The molecule has 118 valence electrons. The molecule has 1 aromatic rings. The van der Waals surface area contributed by atoms with Gasteiger partial charge in [0.2, 0.25) is 0 Å². The van der Waals surface area contributed by atoms with Crippen molar-refractivity contribution in [3.05, 3.63) is 29.3 Å². The lowest BCUT2D eigenvalue weighted by atomic mass is 10.1. The second-order valence-corrected chi connectivity index (χ2v) is 5.43. The first-order valence-electron chi connectivity index (χ1n) is 7.28. The number of aliphatic imine (C=N–C) groups is 1. The van der Waals surface area contributed by atoms with E-state index in [2.05, 4.69) is 24.2 Å².